The van der Waals surface area contributed by atoms with E-state index in [1.165, 1.54) is 6.07 Å². The molecule has 0 bridgehead atoms. The quantitative estimate of drug-likeness (QED) is 0.348. The van der Waals surface area contributed by atoms with Gasteiger partial charge in [-0.2, -0.15) is 5.10 Å². The SMILES string of the molecule is CCN(CC)C(=O)CN1C(=O)C2CC/C(=N/Nc3ccc([N+](=O)[O-])cc3[N+](=O)[O-])CC2C1=O. The minimum Gasteiger partial charge on any atom is -0.342 e. The summed E-state index contributed by atoms with van der Waals surface area (Å²) >= 11 is 0. The lowest BCUT2D eigenvalue weighted by atomic mass is 9.80. The summed E-state index contributed by atoms with van der Waals surface area (Å²) in [4.78, 5) is 61.2. The van der Waals surface area contributed by atoms with E-state index in [9.17, 15) is 34.6 Å². The van der Waals surface area contributed by atoms with Crippen molar-refractivity contribution in [2.45, 2.75) is 33.1 Å². The summed E-state index contributed by atoms with van der Waals surface area (Å²) < 4.78 is 0. The van der Waals surface area contributed by atoms with Gasteiger partial charge in [-0.1, -0.05) is 0 Å². The molecule has 2 fully saturated rings. The fraction of sp³-hybridized carbons (Fsp3) is 0.500. The average Bonchev–Trinajstić information content (AvgIpc) is 3.02. The number of nitro groups is 2. The highest BCUT2D eigenvalue weighted by atomic mass is 16.6. The fourth-order valence-corrected chi connectivity index (χ4v) is 4.17. The normalized spacial score (nSPS) is 21.2. The molecular weight excluding hydrogens is 436 g/mol. The maximum atomic E-state index is 12.9. The molecule has 1 N–H and O–H groups in total. The third-order valence-electron chi connectivity index (χ3n) is 5.98. The molecule has 13 nitrogen and oxygen atoms in total. The van der Waals surface area contributed by atoms with Gasteiger partial charge in [-0.3, -0.25) is 44.9 Å². The van der Waals surface area contributed by atoms with Crippen LogP contribution < -0.4 is 5.43 Å². The van der Waals surface area contributed by atoms with Gasteiger partial charge in [0.15, 0.2) is 0 Å². The molecule has 1 saturated carbocycles. The second-order valence-corrected chi connectivity index (χ2v) is 7.79. The van der Waals surface area contributed by atoms with E-state index in [1.54, 1.807) is 4.90 Å². The van der Waals surface area contributed by atoms with Gasteiger partial charge in [0.05, 0.1) is 27.7 Å². The van der Waals surface area contributed by atoms with E-state index in [2.05, 4.69) is 10.5 Å². The zero-order valence-corrected chi connectivity index (χ0v) is 18.2. The van der Waals surface area contributed by atoms with E-state index in [-0.39, 0.29) is 30.5 Å². The van der Waals surface area contributed by atoms with Gasteiger partial charge < -0.3 is 4.90 Å². The number of benzene rings is 1. The molecule has 3 rings (SSSR count). The lowest BCUT2D eigenvalue weighted by Gasteiger charge is -2.22. The van der Waals surface area contributed by atoms with Crippen molar-refractivity contribution >= 4 is 40.5 Å². The summed E-state index contributed by atoms with van der Waals surface area (Å²) in [5.41, 5.74) is 2.15. The first kappa shape index (κ1) is 23.8. The first-order valence-corrected chi connectivity index (χ1v) is 10.5. The summed E-state index contributed by atoms with van der Waals surface area (Å²) in [7, 11) is 0. The summed E-state index contributed by atoms with van der Waals surface area (Å²) in [6.07, 6.45) is 0.943. The van der Waals surface area contributed by atoms with Crippen LogP contribution in [0.1, 0.15) is 33.1 Å². The van der Waals surface area contributed by atoms with Crippen molar-refractivity contribution in [2.75, 3.05) is 25.1 Å². The number of nitro benzene ring substituents is 2. The number of nitrogens with one attached hydrogen (secondary N) is 1. The standard InChI is InChI=1S/C20H24N6O7/c1-3-23(4-2)18(27)11-24-19(28)14-7-5-12(9-15(14)20(24)29)21-22-16-8-6-13(25(30)31)10-17(16)26(32)33/h6,8,10,14-15,22H,3-5,7,9,11H2,1-2H3/b21-12-. The minimum absolute atomic E-state index is 0.0273. The molecule has 2 atom stereocenters. The molecule has 1 aromatic rings. The Bertz CT molecular complexity index is 1040. The Balaban J connectivity index is 1.72. The maximum Gasteiger partial charge on any atom is 0.301 e. The number of fused-ring (bicyclic) bond motifs is 1. The number of likely N-dealkylation sites (N-methyl/N-ethyl adjacent to an activating group) is 1. The highest BCUT2D eigenvalue weighted by Crippen LogP contribution is 2.37. The summed E-state index contributed by atoms with van der Waals surface area (Å²) in [6.45, 7) is 4.32. The maximum absolute atomic E-state index is 12.9. The van der Waals surface area contributed by atoms with Crippen molar-refractivity contribution in [2.24, 2.45) is 16.9 Å². The van der Waals surface area contributed by atoms with E-state index in [0.717, 1.165) is 17.0 Å². The number of nitrogens with zero attached hydrogens (tertiary/aromatic N) is 5. The minimum atomic E-state index is -0.754. The largest absolute Gasteiger partial charge is 0.342 e. The molecule has 2 unspecified atom stereocenters. The van der Waals surface area contributed by atoms with Crippen LogP contribution in [0.2, 0.25) is 0 Å². The number of carbonyl (C=O) groups is 3. The molecule has 13 heteroatoms. The van der Waals surface area contributed by atoms with Gasteiger partial charge in [0.2, 0.25) is 17.7 Å². The molecule has 1 heterocycles. The van der Waals surface area contributed by atoms with E-state index in [4.69, 9.17) is 0 Å². The molecular formula is C20H24N6O7. The zero-order valence-electron chi connectivity index (χ0n) is 18.2. The third kappa shape index (κ3) is 4.81. The van der Waals surface area contributed by atoms with Gasteiger partial charge in [0.25, 0.3) is 5.69 Å². The molecule has 0 spiro atoms. The number of hydrazone groups is 1. The lowest BCUT2D eigenvalue weighted by molar-refractivity contribution is -0.393. The van der Waals surface area contributed by atoms with Gasteiger partial charge in [-0.05, 0) is 39.2 Å². The monoisotopic (exact) mass is 460 g/mol. The first-order chi connectivity index (χ1) is 15.7. The van der Waals surface area contributed by atoms with Crippen molar-refractivity contribution in [3.63, 3.8) is 0 Å². The number of hydrogen-bond acceptors (Lipinski definition) is 9. The average molecular weight is 460 g/mol. The summed E-state index contributed by atoms with van der Waals surface area (Å²) in [5.74, 6) is -2.22. The van der Waals surface area contributed by atoms with Crippen LogP contribution in [0.3, 0.4) is 0 Å². The van der Waals surface area contributed by atoms with Crippen LogP contribution in [0.25, 0.3) is 0 Å². The van der Waals surface area contributed by atoms with Gasteiger partial charge in [-0.15, -0.1) is 0 Å². The molecule has 33 heavy (non-hydrogen) atoms. The van der Waals surface area contributed by atoms with Crippen LogP contribution >= 0.6 is 0 Å². The Kier molecular flexibility index (Phi) is 6.99. The Morgan fingerprint density at radius 1 is 1.15 bits per heavy atom. The molecule has 2 aliphatic rings. The Hall–Kier alpha value is -3.90. The zero-order chi connectivity index (χ0) is 24.3. The van der Waals surface area contributed by atoms with E-state index in [1.807, 2.05) is 13.8 Å². The smallest absolute Gasteiger partial charge is 0.301 e. The number of imide groups is 1. The van der Waals surface area contributed by atoms with E-state index in [0.29, 0.717) is 31.6 Å². The summed E-state index contributed by atoms with van der Waals surface area (Å²) in [6, 6.07) is 3.15. The predicted octanol–water partition coefficient (Wildman–Crippen LogP) is 1.92. The van der Waals surface area contributed by atoms with Crippen molar-refractivity contribution in [3.05, 3.63) is 38.4 Å². The van der Waals surface area contributed by atoms with Crippen LogP contribution in [0.4, 0.5) is 17.1 Å². The van der Waals surface area contributed by atoms with Crippen molar-refractivity contribution in [1.82, 2.24) is 9.80 Å². The number of hydrogen-bond donors (Lipinski definition) is 1. The van der Waals surface area contributed by atoms with Crippen LogP contribution in [-0.4, -0.2) is 62.7 Å². The first-order valence-electron chi connectivity index (χ1n) is 10.5. The number of rotatable bonds is 8. The third-order valence-corrected chi connectivity index (χ3v) is 5.98. The molecule has 0 radical (unpaired) electrons. The van der Waals surface area contributed by atoms with E-state index >= 15 is 0 Å². The number of likely N-dealkylation sites (tertiary alicyclic amines) is 1. The van der Waals surface area contributed by atoms with Crippen molar-refractivity contribution in [1.29, 1.82) is 0 Å². The fourth-order valence-electron chi connectivity index (χ4n) is 4.17. The molecule has 1 aromatic carbocycles. The van der Waals surface area contributed by atoms with E-state index < -0.39 is 39.0 Å². The van der Waals surface area contributed by atoms with Gasteiger partial charge in [-0.25, -0.2) is 0 Å². The molecule has 176 valence electrons. The number of anilines is 1. The number of amides is 3. The second kappa shape index (κ2) is 9.71. The highest BCUT2D eigenvalue weighted by Gasteiger charge is 2.50. The summed E-state index contributed by atoms with van der Waals surface area (Å²) in [5, 5.41) is 26.3. The molecule has 1 aliphatic carbocycles. The Morgan fingerprint density at radius 2 is 1.82 bits per heavy atom. The van der Waals surface area contributed by atoms with Gasteiger partial charge in [0, 0.05) is 24.9 Å². The number of non-ortho nitro benzene ring substituents is 1. The van der Waals surface area contributed by atoms with Gasteiger partial charge >= 0.3 is 5.69 Å². The predicted molar refractivity (Wildman–Crippen MR) is 116 cm³/mol. The Labute approximate surface area is 188 Å². The topological polar surface area (TPSA) is 168 Å². The van der Waals surface area contributed by atoms with Crippen LogP contribution in [0.15, 0.2) is 23.3 Å². The highest BCUT2D eigenvalue weighted by molar-refractivity contribution is 6.09. The van der Waals surface area contributed by atoms with Crippen LogP contribution in [-0.2, 0) is 14.4 Å². The van der Waals surface area contributed by atoms with Gasteiger partial charge in [0.1, 0.15) is 12.2 Å². The second-order valence-electron chi connectivity index (χ2n) is 7.79. The van der Waals surface area contributed by atoms with Crippen molar-refractivity contribution in [3.8, 4) is 0 Å². The Morgan fingerprint density at radius 3 is 2.42 bits per heavy atom. The molecule has 3 amide bonds. The van der Waals surface area contributed by atoms with Crippen molar-refractivity contribution < 1.29 is 24.2 Å². The van der Waals surface area contributed by atoms with Crippen LogP contribution in [0.5, 0.6) is 0 Å². The lowest BCUT2D eigenvalue weighted by Crippen LogP contribution is -2.43. The van der Waals surface area contributed by atoms with Crippen LogP contribution in [0, 0.1) is 32.1 Å². The molecule has 1 saturated heterocycles. The number of carbonyl (C=O) groups excluding carboxylic acids is 3. The molecule has 1 aliphatic heterocycles. The molecule has 0 aromatic heterocycles.